The highest BCUT2D eigenvalue weighted by Crippen LogP contribution is 2.09. The number of anilines is 1. The summed E-state index contributed by atoms with van der Waals surface area (Å²) in [5.74, 6) is -0.101. The zero-order valence-corrected chi connectivity index (χ0v) is 9.35. The lowest BCUT2D eigenvalue weighted by Crippen LogP contribution is -2.48. The molecule has 88 valence electrons. The summed E-state index contributed by atoms with van der Waals surface area (Å²) in [5, 5.41) is 0. The summed E-state index contributed by atoms with van der Waals surface area (Å²) in [5.41, 5.74) is 5.63. The van der Waals surface area contributed by atoms with Gasteiger partial charge in [0.15, 0.2) is 5.69 Å². The van der Waals surface area contributed by atoms with E-state index in [1.54, 1.807) is 4.90 Å². The van der Waals surface area contributed by atoms with Gasteiger partial charge in [0, 0.05) is 26.2 Å². The molecule has 1 aliphatic heterocycles. The van der Waals surface area contributed by atoms with Crippen molar-refractivity contribution in [3.05, 3.63) is 12.0 Å². The van der Waals surface area contributed by atoms with Crippen LogP contribution < -0.4 is 5.73 Å². The van der Waals surface area contributed by atoms with Gasteiger partial charge in [-0.05, 0) is 6.54 Å². The minimum Gasteiger partial charge on any atom is -0.431 e. The van der Waals surface area contributed by atoms with Crippen LogP contribution in [-0.4, -0.2) is 53.4 Å². The Labute approximate surface area is 94.0 Å². The highest BCUT2D eigenvalue weighted by molar-refractivity contribution is 5.92. The average Bonchev–Trinajstić information content (AvgIpc) is 2.75. The number of hydrogen-bond acceptors (Lipinski definition) is 5. The maximum atomic E-state index is 11.9. The molecule has 0 aliphatic carbocycles. The van der Waals surface area contributed by atoms with Crippen LogP contribution in [0.4, 0.5) is 6.01 Å². The molecule has 0 aromatic carbocycles. The van der Waals surface area contributed by atoms with Crippen molar-refractivity contribution >= 4 is 11.9 Å². The monoisotopic (exact) mass is 224 g/mol. The minimum absolute atomic E-state index is 0.0375. The van der Waals surface area contributed by atoms with E-state index in [1.165, 1.54) is 6.26 Å². The third kappa shape index (κ3) is 2.16. The van der Waals surface area contributed by atoms with E-state index in [0.29, 0.717) is 5.69 Å². The zero-order chi connectivity index (χ0) is 11.5. The van der Waals surface area contributed by atoms with Gasteiger partial charge in [0.1, 0.15) is 6.26 Å². The normalized spacial score (nSPS) is 17.7. The van der Waals surface area contributed by atoms with Crippen molar-refractivity contribution in [2.45, 2.75) is 6.92 Å². The van der Waals surface area contributed by atoms with E-state index in [2.05, 4.69) is 16.8 Å². The number of piperazine rings is 1. The maximum absolute atomic E-state index is 11.9. The second-order valence-corrected chi connectivity index (χ2v) is 3.80. The Morgan fingerprint density at radius 2 is 2.19 bits per heavy atom. The third-order valence-corrected chi connectivity index (χ3v) is 2.85. The largest absolute Gasteiger partial charge is 0.431 e. The fourth-order valence-corrected chi connectivity index (χ4v) is 1.82. The smallest absolute Gasteiger partial charge is 0.292 e. The summed E-state index contributed by atoms with van der Waals surface area (Å²) in [6, 6.07) is 0.0375. The zero-order valence-electron chi connectivity index (χ0n) is 9.35. The van der Waals surface area contributed by atoms with Crippen molar-refractivity contribution in [2.24, 2.45) is 0 Å². The molecule has 0 atom stereocenters. The van der Waals surface area contributed by atoms with Gasteiger partial charge in [-0.25, -0.2) is 0 Å². The van der Waals surface area contributed by atoms with Crippen LogP contribution in [-0.2, 0) is 0 Å². The summed E-state index contributed by atoms with van der Waals surface area (Å²) in [6.07, 6.45) is 1.31. The first-order valence-electron chi connectivity index (χ1n) is 5.43. The number of amides is 1. The molecule has 16 heavy (non-hydrogen) atoms. The first-order chi connectivity index (χ1) is 7.70. The maximum Gasteiger partial charge on any atom is 0.292 e. The number of carbonyl (C=O) groups excluding carboxylic acids is 1. The topological polar surface area (TPSA) is 75.6 Å². The van der Waals surface area contributed by atoms with Crippen LogP contribution in [0.2, 0.25) is 0 Å². The van der Waals surface area contributed by atoms with Gasteiger partial charge in [0.25, 0.3) is 11.9 Å². The number of rotatable bonds is 2. The van der Waals surface area contributed by atoms with Crippen LogP contribution in [0.1, 0.15) is 17.4 Å². The second kappa shape index (κ2) is 4.52. The summed E-state index contributed by atoms with van der Waals surface area (Å²) in [6.45, 7) is 6.44. The number of carbonyl (C=O) groups is 1. The predicted molar refractivity (Wildman–Crippen MR) is 58.9 cm³/mol. The van der Waals surface area contributed by atoms with Gasteiger partial charge in [-0.15, -0.1) is 0 Å². The Bertz CT molecular complexity index is 369. The Morgan fingerprint density at radius 1 is 1.50 bits per heavy atom. The Balaban J connectivity index is 1.96. The number of likely N-dealkylation sites (N-methyl/N-ethyl adjacent to an activating group) is 1. The van der Waals surface area contributed by atoms with Crippen molar-refractivity contribution in [1.82, 2.24) is 14.8 Å². The van der Waals surface area contributed by atoms with Crippen LogP contribution in [0.5, 0.6) is 0 Å². The third-order valence-electron chi connectivity index (χ3n) is 2.85. The fraction of sp³-hybridized carbons (Fsp3) is 0.600. The molecule has 0 radical (unpaired) electrons. The molecule has 2 rings (SSSR count). The molecular weight excluding hydrogens is 208 g/mol. The quantitative estimate of drug-likeness (QED) is 0.767. The van der Waals surface area contributed by atoms with Gasteiger partial charge in [0.2, 0.25) is 0 Å². The number of oxazole rings is 1. The highest BCUT2D eigenvalue weighted by atomic mass is 16.4. The Morgan fingerprint density at radius 3 is 2.69 bits per heavy atom. The second-order valence-electron chi connectivity index (χ2n) is 3.80. The fourth-order valence-electron chi connectivity index (χ4n) is 1.82. The first-order valence-corrected chi connectivity index (χ1v) is 5.43. The minimum atomic E-state index is -0.101. The molecule has 0 saturated carbocycles. The number of nitrogen functional groups attached to an aromatic ring is 1. The van der Waals surface area contributed by atoms with Crippen LogP contribution in [0.15, 0.2) is 10.7 Å². The number of aromatic nitrogens is 1. The highest BCUT2D eigenvalue weighted by Gasteiger charge is 2.23. The molecule has 1 fully saturated rings. The Kier molecular flexibility index (Phi) is 3.09. The first kappa shape index (κ1) is 10.9. The van der Waals surface area contributed by atoms with Crippen LogP contribution in [0.25, 0.3) is 0 Å². The van der Waals surface area contributed by atoms with Gasteiger partial charge in [0.05, 0.1) is 0 Å². The van der Waals surface area contributed by atoms with E-state index in [0.717, 1.165) is 32.7 Å². The summed E-state index contributed by atoms with van der Waals surface area (Å²) >= 11 is 0. The van der Waals surface area contributed by atoms with Crippen LogP contribution in [0.3, 0.4) is 0 Å². The summed E-state index contributed by atoms with van der Waals surface area (Å²) in [4.78, 5) is 19.9. The van der Waals surface area contributed by atoms with Gasteiger partial charge < -0.3 is 20.0 Å². The molecule has 1 amide bonds. The molecule has 2 N–H and O–H groups in total. The molecule has 0 spiro atoms. The summed E-state index contributed by atoms with van der Waals surface area (Å²) < 4.78 is 4.83. The molecule has 6 heteroatoms. The molecule has 1 aliphatic rings. The number of hydrogen-bond donors (Lipinski definition) is 1. The van der Waals surface area contributed by atoms with E-state index < -0.39 is 0 Å². The van der Waals surface area contributed by atoms with Gasteiger partial charge in [-0.2, -0.15) is 4.98 Å². The standard InChI is InChI=1S/C10H16N4O2/c1-2-13-3-5-14(6-4-13)9(15)8-7-16-10(11)12-8/h7H,2-6H2,1H3,(H2,11,12). The Hall–Kier alpha value is -1.56. The molecule has 2 heterocycles. The van der Waals surface area contributed by atoms with E-state index in [-0.39, 0.29) is 11.9 Å². The van der Waals surface area contributed by atoms with Crippen molar-refractivity contribution < 1.29 is 9.21 Å². The lowest BCUT2D eigenvalue weighted by atomic mass is 10.3. The van der Waals surface area contributed by atoms with Crippen molar-refractivity contribution in [2.75, 3.05) is 38.5 Å². The average molecular weight is 224 g/mol. The van der Waals surface area contributed by atoms with Gasteiger partial charge >= 0.3 is 0 Å². The van der Waals surface area contributed by atoms with E-state index >= 15 is 0 Å². The summed E-state index contributed by atoms with van der Waals surface area (Å²) in [7, 11) is 0. The van der Waals surface area contributed by atoms with Gasteiger partial charge in [-0.3, -0.25) is 4.79 Å². The molecule has 0 bridgehead atoms. The van der Waals surface area contributed by atoms with E-state index in [9.17, 15) is 4.79 Å². The molecule has 1 saturated heterocycles. The number of nitrogens with zero attached hydrogens (tertiary/aromatic N) is 3. The van der Waals surface area contributed by atoms with Crippen molar-refractivity contribution in [3.63, 3.8) is 0 Å². The van der Waals surface area contributed by atoms with Crippen LogP contribution in [0, 0.1) is 0 Å². The molecule has 0 unspecified atom stereocenters. The van der Waals surface area contributed by atoms with E-state index in [1.807, 2.05) is 0 Å². The SMILES string of the molecule is CCN1CCN(C(=O)c2coc(N)n2)CC1. The molecule has 6 nitrogen and oxygen atoms in total. The lowest BCUT2D eigenvalue weighted by molar-refractivity contribution is 0.0637. The lowest BCUT2D eigenvalue weighted by Gasteiger charge is -2.33. The molecular formula is C10H16N4O2. The van der Waals surface area contributed by atoms with Crippen LogP contribution >= 0.6 is 0 Å². The molecule has 1 aromatic rings. The van der Waals surface area contributed by atoms with Gasteiger partial charge in [-0.1, -0.05) is 6.92 Å². The molecule has 1 aromatic heterocycles. The number of nitrogens with two attached hydrogens (primary N) is 1. The van der Waals surface area contributed by atoms with Crippen molar-refractivity contribution in [1.29, 1.82) is 0 Å². The van der Waals surface area contributed by atoms with Crippen molar-refractivity contribution in [3.8, 4) is 0 Å². The predicted octanol–water partition coefficient (Wildman–Crippen LogP) is 0.0345. The van der Waals surface area contributed by atoms with E-state index in [4.69, 9.17) is 10.2 Å².